The molecule has 0 aromatic carbocycles. The third-order valence-electron chi connectivity index (χ3n) is 5.70. The molecule has 2 fully saturated rings. The first-order valence-corrected chi connectivity index (χ1v) is 10.9. The van der Waals surface area contributed by atoms with Gasteiger partial charge in [-0.15, -0.1) is 0 Å². The van der Waals surface area contributed by atoms with Gasteiger partial charge >= 0.3 is 0 Å². The average molecular weight is 416 g/mol. The fourth-order valence-corrected chi connectivity index (χ4v) is 4.70. The van der Waals surface area contributed by atoms with Gasteiger partial charge in [0.1, 0.15) is 10.8 Å². The lowest BCUT2D eigenvalue weighted by molar-refractivity contribution is -0.128. The molecule has 0 saturated carbocycles. The molecule has 0 unspecified atom stereocenters. The standard InChI is InChI=1S/C20H29N7OS/c1-13-10-21-19(22-16-9-14(2)25-29-16)23-17(13)27-11-20(3,12-27)24-18(28)15-5-7-26(4)8-6-15/h9-10,15H,5-8,11-12H2,1-4H3,(H,24,28)(H,21,22,23). The Labute approximate surface area is 175 Å². The van der Waals surface area contributed by atoms with Crippen molar-refractivity contribution in [1.82, 2.24) is 24.6 Å². The Morgan fingerprint density at radius 3 is 2.66 bits per heavy atom. The van der Waals surface area contributed by atoms with Gasteiger partial charge in [0.2, 0.25) is 11.9 Å². The summed E-state index contributed by atoms with van der Waals surface area (Å²) in [6.07, 6.45) is 3.73. The number of anilines is 3. The number of piperidine rings is 1. The van der Waals surface area contributed by atoms with E-state index in [1.807, 2.05) is 26.1 Å². The summed E-state index contributed by atoms with van der Waals surface area (Å²) < 4.78 is 4.27. The second-order valence-corrected chi connectivity index (χ2v) is 9.45. The molecule has 29 heavy (non-hydrogen) atoms. The highest BCUT2D eigenvalue weighted by Crippen LogP contribution is 2.30. The van der Waals surface area contributed by atoms with Crippen molar-refractivity contribution < 1.29 is 4.79 Å². The van der Waals surface area contributed by atoms with E-state index < -0.39 is 0 Å². The van der Waals surface area contributed by atoms with Crippen LogP contribution < -0.4 is 15.5 Å². The lowest BCUT2D eigenvalue weighted by atomic mass is 9.89. The minimum absolute atomic E-state index is 0.136. The smallest absolute Gasteiger partial charge is 0.229 e. The quantitative estimate of drug-likeness (QED) is 0.775. The van der Waals surface area contributed by atoms with Crippen LogP contribution in [0.5, 0.6) is 0 Å². The van der Waals surface area contributed by atoms with Crippen molar-refractivity contribution in [1.29, 1.82) is 0 Å². The van der Waals surface area contributed by atoms with Gasteiger partial charge < -0.3 is 20.4 Å². The summed E-state index contributed by atoms with van der Waals surface area (Å²) in [4.78, 5) is 26.3. The first-order valence-electron chi connectivity index (χ1n) is 10.1. The van der Waals surface area contributed by atoms with Gasteiger partial charge in [-0.05, 0) is 71.3 Å². The number of carbonyl (C=O) groups excluding carboxylic acids is 1. The highest BCUT2D eigenvalue weighted by Gasteiger charge is 2.42. The first-order chi connectivity index (χ1) is 13.8. The minimum Gasteiger partial charge on any atom is -0.351 e. The summed E-state index contributed by atoms with van der Waals surface area (Å²) in [6, 6.07) is 1.98. The molecule has 8 nitrogen and oxygen atoms in total. The molecule has 156 valence electrons. The largest absolute Gasteiger partial charge is 0.351 e. The van der Waals surface area contributed by atoms with Crippen molar-refractivity contribution in [3.05, 3.63) is 23.5 Å². The second-order valence-electron chi connectivity index (χ2n) is 8.64. The summed E-state index contributed by atoms with van der Waals surface area (Å²) in [5.41, 5.74) is 1.80. The van der Waals surface area contributed by atoms with E-state index in [1.165, 1.54) is 11.5 Å². The molecule has 0 aliphatic carbocycles. The van der Waals surface area contributed by atoms with E-state index in [0.29, 0.717) is 5.95 Å². The first kappa shape index (κ1) is 20.0. The summed E-state index contributed by atoms with van der Waals surface area (Å²) in [6.45, 7) is 9.59. The van der Waals surface area contributed by atoms with Crippen LogP contribution in [-0.2, 0) is 4.79 Å². The molecular weight excluding hydrogens is 386 g/mol. The van der Waals surface area contributed by atoms with Gasteiger partial charge in [0.15, 0.2) is 0 Å². The second kappa shape index (κ2) is 7.87. The van der Waals surface area contributed by atoms with Crippen LogP contribution in [-0.4, -0.2) is 63.9 Å². The van der Waals surface area contributed by atoms with Crippen LogP contribution in [0.3, 0.4) is 0 Å². The molecule has 2 saturated heterocycles. The van der Waals surface area contributed by atoms with E-state index in [1.54, 1.807) is 0 Å². The number of aromatic nitrogens is 3. The summed E-state index contributed by atoms with van der Waals surface area (Å²) in [5.74, 6) is 1.81. The Kier molecular flexibility index (Phi) is 5.44. The van der Waals surface area contributed by atoms with Crippen LogP contribution in [0.4, 0.5) is 16.8 Å². The summed E-state index contributed by atoms with van der Waals surface area (Å²) in [5, 5.41) is 7.44. The Bertz CT molecular complexity index is 885. The summed E-state index contributed by atoms with van der Waals surface area (Å²) in [7, 11) is 2.11. The fourth-order valence-electron chi connectivity index (χ4n) is 4.04. The molecule has 2 aromatic heterocycles. The third-order valence-corrected chi connectivity index (χ3v) is 6.50. The molecule has 2 aliphatic rings. The number of aryl methyl sites for hydroxylation is 2. The number of amides is 1. The SMILES string of the molecule is Cc1cc(Nc2ncc(C)c(N3CC(C)(NC(=O)C4CCN(C)CC4)C3)n2)sn1. The number of carbonyl (C=O) groups is 1. The van der Waals surface area contributed by atoms with E-state index in [2.05, 4.69) is 43.8 Å². The van der Waals surface area contributed by atoms with E-state index in [0.717, 1.165) is 61.1 Å². The van der Waals surface area contributed by atoms with Crippen LogP contribution in [0.25, 0.3) is 0 Å². The molecule has 9 heteroatoms. The number of likely N-dealkylation sites (tertiary alicyclic amines) is 1. The van der Waals surface area contributed by atoms with Crippen molar-refractivity contribution in [3.8, 4) is 0 Å². The highest BCUT2D eigenvalue weighted by atomic mass is 32.1. The Morgan fingerprint density at radius 2 is 2.00 bits per heavy atom. The number of hydrogen-bond acceptors (Lipinski definition) is 8. The van der Waals surface area contributed by atoms with Crippen molar-refractivity contribution in [2.24, 2.45) is 5.92 Å². The molecule has 0 bridgehead atoms. The minimum atomic E-state index is -0.208. The molecule has 4 rings (SSSR count). The van der Waals surface area contributed by atoms with Crippen LogP contribution >= 0.6 is 11.5 Å². The Balaban J connectivity index is 1.37. The average Bonchev–Trinajstić information content (AvgIpc) is 3.06. The lowest BCUT2D eigenvalue weighted by Gasteiger charge is -2.50. The predicted octanol–water partition coefficient (Wildman–Crippen LogP) is 2.33. The molecular formula is C20H29N7OS. The Morgan fingerprint density at radius 1 is 1.28 bits per heavy atom. The molecule has 2 aliphatic heterocycles. The Hall–Kier alpha value is -2.26. The molecule has 0 spiro atoms. The van der Waals surface area contributed by atoms with Gasteiger partial charge in [0.25, 0.3) is 0 Å². The van der Waals surface area contributed by atoms with Gasteiger partial charge in [0, 0.05) is 30.8 Å². The number of rotatable bonds is 5. The topological polar surface area (TPSA) is 86.3 Å². The maximum Gasteiger partial charge on any atom is 0.229 e. The fraction of sp³-hybridized carbons (Fsp3) is 0.600. The van der Waals surface area contributed by atoms with Crippen LogP contribution in [0, 0.1) is 19.8 Å². The normalized spacial score (nSPS) is 19.7. The van der Waals surface area contributed by atoms with E-state index in [-0.39, 0.29) is 17.4 Å². The summed E-state index contributed by atoms with van der Waals surface area (Å²) >= 11 is 1.40. The molecule has 4 heterocycles. The monoisotopic (exact) mass is 415 g/mol. The van der Waals surface area contributed by atoms with Gasteiger partial charge in [-0.1, -0.05) is 0 Å². The van der Waals surface area contributed by atoms with Gasteiger partial charge in [-0.2, -0.15) is 9.36 Å². The van der Waals surface area contributed by atoms with Crippen LogP contribution in [0.15, 0.2) is 12.3 Å². The van der Waals surface area contributed by atoms with E-state index in [4.69, 9.17) is 4.98 Å². The maximum absolute atomic E-state index is 12.7. The van der Waals surface area contributed by atoms with Gasteiger partial charge in [-0.3, -0.25) is 4.79 Å². The van der Waals surface area contributed by atoms with Crippen molar-refractivity contribution >= 4 is 34.2 Å². The van der Waals surface area contributed by atoms with E-state index >= 15 is 0 Å². The van der Waals surface area contributed by atoms with Crippen LogP contribution in [0.2, 0.25) is 0 Å². The van der Waals surface area contributed by atoms with Gasteiger partial charge in [0.05, 0.1) is 11.2 Å². The van der Waals surface area contributed by atoms with Crippen molar-refractivity contribution in [2.45, 2.75) is 39.2 Å². The van der Waals surface area contributed by atoms with Crippen molar-refractivity contribution in [3.63, 3.8) is 0 Å². The highest BCUT2D eigenvalue weighted by molar-refractivity contribution is 7.10. The number of nitrogens with zero attached hydrogens (tertiary/aromatic N) is 5. The lowest BCUT2D eigenvalue weighted by Crippen LogP contribution is -2.69. The number of nitrogens with one attached hydrogen (secondary N) is 2. The zero-order chi connectivity index (χ0) is 20.6. The molecule has 1 amide bonds. The van der Waals surface area contributed by atoms with Crippen molar-refractivity contribution in [2.75, 3.05) is 43.4 Å². The van der Waals surface area contributed by atoms with E-state index in [9.17, 15) is 4.79 Å². The van der Waals surface area contributed by atoms with Gasteiger partial charge in [-0.25, -0.2) is 4.98 Å². The van der Waals surface area contributed by atoms with Crippen LogP contribution in [0.1, 0.15) is 31.0 Å². The molecule has 0 radical (unpaired) electrons. The molecule has 0 atom stereocenters. The molecule has 2 N–H and O–H groups in total. The zero-order valence-electron chi connectivity index (χ0n) is 17.5. The zero-order valence-corrected chi connectivity index (χ0v) is 18.3. The number of hydrogen-bond donors (Lipinski definition) is 2. The third kappa shape index (κ3) is 4.51. The predicted molar refractivity (Wildman–Crippen MR) is 116 cm³/mol. The molecule has 2 aromatic rings. The maximum atomic E-state index is 12.7.